The molecule has 5 nitrogen and oxygen atoms in total. The van der Waals surface area contributed by atoms with Gasteiger partial charge in [-0.1, -0.05) is 25.7 Å². The van der Waals surface area contributed by atoms with Gasteiger partial charge in [0.1, 0.15) is 4.21 Å². The van der Waals surface area contributed by atoms with E-state index < -0.39 is 10.0 Å². The number of hydrogen-bond donors (Lipinski definition) is 2. The minimum Gasteiger partial charge on any atom is -0.356 e. The topological polar surface area (TPSA) is 75.3 Å². The molecule has 0 aliphatic heterocycles. The van der Waals surface area contributed by atoms with Crippen molar-refractivity contribution in [3.05, 3.63) is 17.0 Å². The van der Waals surface area contributed by atoms with Crippen LogP contribution in [-0.4, -0.2) is 27.4 Å². The molecule has 0 atom stereocenters. The summed E-state index contributed by atoms with van der Waals surface area (Å²) in [5, 5.41) is 2.71. The number of sulfonamides is 1. The minimum atomic E-state index is -3.40. The third-order valence-electron chi connectivity index (χ3n) is 4.20. The molecule has 130 valence electrons. The van der Waals surface area contributed by atoms with E-state index in [-0.39, 0.29) is 5.91 Å². The molecular weight excluding hydrogens is 332 g/mol. The Hall–Kier alpha value is -0.920. The van der Waals surface area contributed by atoms with E-state index in [4.69, 9.17) is 0 Å². The standard InChI is InChI=1S/C16H26N2O3S2/c1-13(19)17-12-10-15-8-9-16(22-15)23(20,21)18-11-4-7-14-5-2-3-6-14/h8-9,14,18H,2-7,10-12H2,1H3,(H,17,19). The van der Waals surface area contributed by atoms with Crippen molar-refractivity contribution in [3.63, 3.8) is 0 Å². The molecule has 0 radical (unpaired) electrons. The molecule has 0 unspecified atom stereocenters. The number of rotatable bonds is 9. The third-order valence-corrected chi connectivity index (χ3v) is 7.30. The largest absolute Gasteiger partial charge is 0.356 e. The first-order chi connectivity index (χ1) is 11.0. The lowest BCUT2D eigenvalue weighted by atomic mass is 10.0. The van der Waals surface area contributed by atoms with Gasteiger partial charge < -0.3 is 5.32 Å². The van der Waals surface area contributed by atoms with Crippen molar-refractivity contribution in [2.45, 2.75) is 56.1 Å². The van der Waals surface area contributed by atoms with Crippen LogP contribution in [0.2, 0.25) is 0 Å². The Morgan fingerprint density at radius 2 is 2.00 bits per heavy atom. The molecule has 0 spiro atoms. The van der Waals surface area contributed by atoms with E-state index in [0.717, 1.165) is 23.6 Å². The van der Waals surface area contributed by atoms with Gasteiger partial charge in [-0.2, -0.15) is 0 Å². The molecule has 23 heavy (non-hydrogen) atoms. The van der Waals surface area contributed by atoms with E-state index >= 15 is 0 Å². The average molecular weight is 359 g/mol. The quantitative estimate of drug-likeness (QED) is 0.667. The molecule has 1 aromatic heterocycles. The summed E-state index contributed by atoms with van der Waals surface area (Å²) in [5.74, 6) is 0.722. The van der Waals surface area contributed by atoms with Crippen molar-refractivity contribution in [2.24, 2.45) is 5.92 Å². The van der Waals surface area contributed by atoms with Gasteiger partial charge in [0, 0.05) is 24.9 Å². The molecule has 1 aliphatic carbocycles. The second kappa shape index (κ2) is 8.80. The van der Waals surface area contributed by atoms with Crippen LogP contribution >= 0.6 is 11.3 Å². The van der Waals surface area contributed by atoms with E-state index in [2.05, 4.69) is 10.0 Å². The van der Waals surface area contributed by atoms with Gasteiger partial charge in [0.2, 0.25) is 15.9 Å². The Morgan fingerprint density at radius 1 is 1.26 bits per heavy atom. The minimum absolute atomic E-state index is 0.0710. The maximum atomic E-state index is 12.3. The number of amides is 1. The van der Waals surface area contributed by atoms with Crippen LogP contribution < -0.4 is 10.0 Å². The van der Waals surface area contributed by atoms with Crippen LogP contribution in [0.3, 0.4) is 0 Å². The van der Waals surface area contributed by atoms with Crippen LogP contribution in [0.4, 0.5) is 0 Å². The Kier molecular flexibility index (Phi) is 7.05. The summed E-state index contributed by atoms with van der Waals surface area (Å²) in [6.07, 6.45) is 7.94. The van der Waals surface area contributed by atoms with Crippen molar-refractivity contribution in [2.75, 3.05) is 13.1 Å². The maximum Gasteiger partial charge on any atom is 0.250 e. The smallest absolute Gasteiger partial charge is 0.250 e. The monoisotopic (exact) mass is 358 g/mol. The highest BCUT2D eigenvalue weighted by Gasteiger charge is 2.18. The molecule has 1 aliphatic rings. The third kappa shape index (κ3) is 6.24. The van der Waals surface area contributed by atoms with Crippen LogP contribution in [0.1, 0.15) is 50.3 Å². The lowest BCUT2D eigenvalue weighted by molar-refractivity contribution is -0.118. The van der Waals surface area contributed by atoms with Crippen molar-refractivity contribution >= 4 is 27.3 Å². The van der Waals surface area contributed by atoms with Crippen LogP contribution in [0.25, 0.3) is 0 Å². The Balaban J connectivity index is 1.75. The molecule has 1 heterocycles. The van der Waals surface area contributed by atoms with Crippen LogP contribution in [-0.2, 0) is 21.2 Å². The normalized spacial score (nSPS) is 15.9. The van der Waals surface area contributed by atoms with Crippen molar-refractivity contribution in [1.82, 2.24) is 10.0 Å². The SMILES string of the molecule is CC(=O)NCCc1ccc(S(=O)(=O)NCCCC2CCCC2)s1. The first kappa shape index (κ1) is 18.4. The van der Waals surface area contributed by atoms with E-state index in [0.29, 0.717) is 23.7 Å². The molecule has 2 rings (SSSR count). The van der Waals surface area contributed by atoms with Gasteiger partial charge in [0.05, 0.1) is 0 Å². The van der Waals surface area contributed by atoms with Gasteiger partial charge in [-0.3, -0.25) is 4.79 Å². The predicted octanol–water partition coefficient (Wildman–Crippen LogP) is 2.68. The highest BCUT2D eigenvalue weighted by atomic mass is 32.2. The van der Waals surface area contributed by atoms with Gasteiger partial charge >= 0.3 is 0 Å². The summed E-state index contributed by atoms with van der Waals surface area (Å²) in [7, 11) is -3.40. The second-order valence-corrected chi connectivity index (χ2v) is 9.31. The molecule has 1 fully saturated rings. The molecule has 1 aromatic rings. The van der Waals surface area contributed by atoms with Crippen molar-refractivity contribution in [1.29, 1.82) is 0 Å². The molecule has 1 amide bonds. The summed E-state index contributed by atoms with van der Waals surface area (Å²) < 4.78 is 27.6. The van der Waals surface area contributed by atoms with E-state index in [1.165, 1.54) is 43.9 Å². The first-order valence-electron chi connectivity index (χ1n) is 8.30. The molecule has 2 N–H and O–H groups in total. The summed E-state index contributed by atoms with van der Waals surface area (Å²) in [6.45, 7) is 2.52. The number of hydrogen-bond acceptors (Lipinski definition) is 4. The lowest BCUT2D eigenvalue weighted by Crippen LogP contribution is -2.24. The highest BCUT2D eigenvalue weighted by Crippen LogP contribution is 2.28. The van der Waals surface area contributed by atoms with Gasteiger partial charge in [-0.25, -0.2) is 13.1 Å². The number of thiophene rings is 1. The van der Waals surface area contributed by atoms with Crippen LogP contribution in [0, 0.1) is 5.92 Å². The number of carbonyl (C=O) groups excluding carboxylic acids is 1. The zero-order valence-corrected chi connectivity index (χ0v) is 15.3. The average Bonchev–Trinajstić information content (AvgIpc) is 3.15. The summed E-state index contributed by atoms with van der Waals surface area (Å²) in [4.78, 5) is 11.8. The predicted molar refractivity (Wildman–Crippen MR) is 93.1 cm³/mol. The van der Waals surface area contributed by atoms with E-state index in [1.54, 1.807) is 6.07 Å². The lowest BCUT2D eigenvalue weighted by Gasteiger charge is -2.09. The van der Waals surface area contributed by atoms with Gasteiger partial charge in [-0.05, 0) is 37.3 Å². The molecule has 0 saturated heterocycles. The van der Waals surface area contributed by atoms with Gasteiger partial charge in [-0.15, -0.1) is 11.3 Å². The van der Waals surface area contributed by atoms with E-state index in [9.17, 15) is 13.2 Å². The van der Waals surface area contributed by atoms with Crippen molar-refractivity contribution < 1.29 is 13.2 Å². The summed E-state index contributed by atoms with van der Waals surface area (Å²) >= 11 is 1.27. The van der Waals surface area contributed by atoms with Crippen LogP contribution in [0.15, 0.2) is 16.3 Å². The zero-order chi connectivity index (χ0) is 16.7. The highest BCUT2D eigenvalue weighted by molar-refractivity contribution is 7.91. The number of nitrogens with one attached hydrogen (secondary N) is 2. The molecule has 1 saturated carbocycles. The molecule has 0 aromatic carbocycles. The molecule has 7 heteroatoms. The second-order valence-electron chi connectivity index (χ2n) is 6.14. The molecule has 0 bridgehead atoms. The fraction of sp³-hybridized carbons (Fsp3) is 0.688. The van der Waals surface area contributed by atoms with Crippen molar-refractivity contribution in [3.8, 4) is 0 Å². The van der Waals surface area contributed by atoms with Gasteiger partial charge in [0.25, 0.3) is 0 Å². The Morgan fingerprint density at radius 3 is 2.70 bits per heavy atom. The summed E-state index contributed by atoms with van der Waals surface area (Å²) in [5.41, 5.74) is 0. The van der Waals surface area contributed by atoms with E-state index in [1.807, 2.05) is 6.07 Å². The summed E-state index contributed by atoms with van der Waals surface area (Å²) in [6, 6.07) is 3.46. The first-order valence-corrected chi connectivity index (χ1v) is 10.6. The Labute approximate surface area is 142 Å². The van der Waals surface area contributed by atoms with Gasteiger partial charge in [0.15, 0.2) is 0 Å². The Bertz CT molecular complexity index is 605. The number of carbonyl (C=O) groups is 1. The van der Waals surface area contributed by atoms with Crippen LogP contribution in [0.5, 0.6) is 0 Å². The maximum absolute atomic E-state index is 12.3. The fourth-order valence-electron chi connectivity index (χ4n) is 2.97. The zero-order valence-electron chi connectivity index (χ0n) is 13.6. The fourth-order valence-corrected chi connectivity index (χ4v) is 5.44. The molecular formula is C16H26N2O3S2.